The van der Waals surface area contributed by atoms with E-state index in [-0.39, 0.29) is 18.5 Å². The largest absolute Gasteiger partial charge is 0.457 e. The van der Waals surface area contributed by atoms with Crippen LogP contribution < -0.4 is 15.8 Å². The second kappa shape index (κ2) is 10.6. The predicted molar refractivity (Wildman–Crippen MR) is 147 cm³/mol. The number of aliphatic hydroxyl groups excluding tert-OH is 1. The van der Waals surface area contributed by atoms with Gasteiger partial charge in [0, 0.05) is 24.6 Å². The van der Waals surface area contributed by atoms with E-state index in [2.05, 4.69) is 5.32 Å². The van der Waals surface area contributed by atoms with E-state index in [9.17, 15) is 14.7 Å². The van der Waals surface area contributed by atoms with Crippen molar-refractivity contribution in [1.29, 1.82) is 0 Å². The molecule has 0 saturated carbocycles. The Labute approximate surface area is 227 Å². The Balaban J connectivity index is 1.38. The molecule has 5 rings (SSSR count). The second-order valence-corrected chi connectivity index (χ2v) is 11.0. The smallest absolute Gasteiger partial charge is 0.410 e. The van der Waals surface area contributed by atoms with Crippen LogP contribution in [0.2, 0.25) is 0 Å². The van der Waals surface area contributed by atoms with Gasteiger partial charge in [-0.05, 0) is 70.0 Å². The fraction of sp³-hybridized carbons (Fsp3) is 0.414. The van der Waals surface area contributed by atoms with E-state index in [1.807, 2.05) is 75.4 Å². The van der Waals surface area contributed by atoms with Crippen molar-refractivity contribution in [2.75, 3.05) is 25.0 Å². The first-order valence-electron chi connectivity index (χ1n) is 13.3. The van der Waals surface area contributed by atoms with Crippen LogP contribution in [-0.4, -0.2) is 63.1 Å². The summed E-state index contributed by atoms with van der Waals surface area (Å²) in [5, 5.41) is 19.2. The number of nitrogens with two attached hydrogens (primary N) is 1. The number of fused-ring (bicyclic) bond motifs is 1. The summed E-state index contributed by atoms with van der Waals surface area (Å²) in [6.45, 7) is 6.72. The molecule has 1 fully saturated rings. The molecule has 0 radical (unpaired) electrons. The first-order valence-corrected chi connectivity index (χ1v) is 13.3. The van der Waals surface area contributed by atoms with Crippen molar-refractivity contribution in [3.8, 4) is 22.8 Å². The summed E-state index contributed by atoms with van der Waals surface area (Å²) in [4.78, 5) is 26.7. The maximum Gasteiger partial charge on any atom is 0.410 e. The highest BCUT2D eigenvalue weighted by Crippen LogP contribution is 2.40. The number of aromatic nitrogens is 2. The zero-order valence-electron chi connectivity index (χ0n) is 22.5. The molecule has 206 valence electrons. The van der Waals surface area contributed by atoms with Gasteiger partial charge < -0.3 is 30.5 Å². The van der Waals surface area contributed by atoms with Crippen LogP contribution in [0.5, 0.6) is 11.5 Å². The lowest BCUT2D eigenvalue weighted by molar-refractivity contribution is -0.0253. The summed E-state index contributed by atoms with van der Waals surface area (Å²) in [6.07, 6.45) is 0.103. The summed E-state index contributed by atoms with van der Waals surface area (Å²) in [6, 6.07) is 16.7. The number of likely N-dealkylation sites (tertiary alicyclic amines) is 1. The zero-order chi connectivity index (χ0) is 27.7. The van der Waals surface area contributed by atoms with Gasteiger partial charge in [-0.3, -0.25) is 4.79 Å². The number of anilines is 1. The predicted octanol–water partition coefficient (Wildman–Crippen LogP) is 4.42. The molecule has 10 heteroatoms. The number of hydrogen-bond donors (Lipinski definition) is 3. The minimum absolute atomic E-state index is 0.153. The summed E-state index contributed by atoms with van der Waals surface area (Å²) in [5.41, 5.74) is 6.76. The SMILES string of the molecule is CC(C)(C)OC(=O)N1CCC([C@@H]2CCNc3c(C(N)=O)c(-c4ccc(Oc5ccccc5)cc4)nn32)[C@@H](O)C1. The van der Waals surface area contributed by atoms with E-state index in [0.29, 0.717) is 48.8 Å². The number of carbonyl (C=O) groups is 2. The number of primary amides is 1. The van der Waals surface area contributed by atoms with Gasteiger partial charge in [0.05, 0.1) is 18.7 Å². The number of rotatable bonds is 5. The van der Waals surface area contributed by atoms with Gasteiger partial charge in [0.1, 0.15) is 34.2 Å². The average molecular weight is 534 g/mol. The monoisotopic (exact) mass is 533 g/mol. The number of amides is 2. The number of hydrogen-bond acceptors (Lipinski definition) is 7. The third-order valence-corrected chi connectivity index (χ3v) is 7.09. The number of aliphatic hydroxyl groups is 1. The third kappa shape index (κ3) is 5.70. The molecule has 0 aliphatic carbocycles. The minimum atomic E-state index is -0.763. The number of nitrogens with one attached hydrogen (secondary N) is 1. The lowest BCUT2D eigenvalue weighted by Crippen LogP contribution is -2.50. The van der Waals surface area contributed by atoms with Crippen LogP contribution in [0.25, 0.3) is 11.3 Å². The topological polar surface area (TPSA) is 132 Å². The molecule has 39 heavy (non-hydrogen) atoms. The van der Waals surface area contributed by atoms with Crippen LogP contribution in [0, 0.1) is 5.92 Å². The Morgan fingerprint density at radius 3 is 2.38 bits per heavy atom. The number of para-hydroxylation sites is 1. The molecular weight excluding hydrogens is 498 g/mol. The molecule has 2 amide bonds. The lowest BCUT2D eigenvalue weighted by atomic mass is 9.84. The number of piperidine rings is 1. The Bertz CT molecular complexity index is 1330. The van der Waals surface area contributed by atoms with Crippen LogP contribution in [0.4, 0.5) is 10.6 Å². The molecular formula is C29H35N5O5. The molecule has 0 spiro atoms. The third-order valence-electron chi connectivity index (χ3n) is 7.09. The van der Waals surface area contributed by atoms with Gasteiger partial charge in [-0.15, -0.1) is 0 Å². The van der Waals surface area contributed by atoms with Gasteiger partial charge in [-0.1, -0.05) is 18.2 Å². The fourth-order valence-corrected chi connectivity index (χ4v) is 5.33. The lowest BCUT2D eigenvalue weighted by Gasteiger charge is -2.41. The number of β-amino-alcohol motifs (C(OH)–C–C–N with tert-alkyl or cyclic N) is 1. The van der Waals surface area contributed by atoms with E-state index in [1.165, 1.54) is 0 Å². The quantitative estimate of drug-likeness (QED) is 0.442. The van der Waals surface area contributed by atoms with Crippen LogP contribution in [0.15, 0.2) is 54.6 Å². The molecule has 3 heterocycles. The molecule has 1 unspecified atom stereocenters. The molecule has 2 aliphatic rings. The van der Waals surface area contributed by atoms with E-state index < -0.39 is 23.7 Å². The fourth-order valence-electron chi connectivity index (χ4n) is 5.33. The van der Waals surface area contributed by atoms with Crippen molar-refractivity contribution in [1.82, 2.24) is 14.7 Å². The molecule has 3 aromatic rings. The van der Waals surface area contributed by atoms with Gasteiger partial charge >= 0.3 is 6.09 Å². The molecule has 1 saturated heterocycles. The van der Waals surface area contributed by atoms with Crippen molar-refractivity contribution in [3.05, 3.63) is 60.2 Å². The number of benzene rings is 2. The molecule has 1 aromatic heterocycles. The van der Waals surface area contributed by atoms with E-state index in [1.54, 1.807) is 9.58 Å². The molecule has 4 N–H and O–H groups in total. The first kappa shape index (κ1) is 26.6. The van der Waals surface area contributed by atoms with Crippen molar-refractivity contribution in [3.63, 3.8) is 0 Å². The normalized spacial score (nSPS) is 21.0. The van der Waals surface area contributed by atoms with E-state index >= 15 is 0 Å². The second-order valence-electron chi connectivity index (χ2n) is 11.0. The summed E-state index contributed by atoms with van der Waals surface area (Å²) in [7, 11) is 0. The number of nitrogens with zero attached hydrogens (tertiary/aromatic N) is 3. The van der Waals surface area contributed by atoms with Crippen molar-refractivity contribution >= 4 is 17.8 Å². The maximum atomic E-state index is 12.6. The molecule has 3 atom stereocenters. The Hall–Kier alpha value is -4.05. The van der Waals surface area contributed by atoms with Crippen LogP contribution in [0.1, 0.15) is 50.0 Å². The summed E-state index contributed by atoms with van der Waals surface area (Å²) >= 11 is 0. The highest BCUT2D eigenvalue weighted by molar-refractivity contribution is 6.03. The highest BCUT2D eigenvalue weighted by Gasteiger charge is 2.40. The van der Waals surface area contributed by atoms with Gasteiger partial charge in [0.15, 0.2) is 0 Å². The standard InChI is InChI=1S/C29H35N5O5/c1-29(2,3)39-28(37)33-16-14-21(23(35)17-33)22-13-15-31-27-24(26(30)36)25(32-34(22)27)18-9-11-20(12-10-18)38-19-7-5-4-6-8-19/h4-12,21-23,31,35H,13-17H2,1-3H3,(H2,30,36)/t21?,22-,23-/m0/s1. The zero-order valence-corrected chi connectivity index (χ0v) is 22.5. The van der Waals surface area contributed by atoms with Gasteiger partial charge in [-0.25, -0.2) is 9.48 Å². The summed E-state index contributed by atoms with van der Waals surface area (Å²) < 4.78 is 13.2. The summed E-state index contributed by atoms with van der Waals surface area (Å²) in [5.74, 6) is 1.21. The Morgan fingerprint density at radius 2 is 1.74 bits per heavy atom. The Morgan fingerprint density at radius 1 is 1.05 bits per heavy atom. The Kier molecular flexibility index (Phi) is 7.22. The molecule has 10 nitrogen and oxygen atoms in total. The van der Waals surface area contributed by atoms with E-state index in [4.69, 9.17) is 20.3 Å². The van der Waals surface area contributed by atoms with Crippen molar-refractivity contribution < 1.29 is 24.2 Å². The maximum absolute atomic E-state index is 12.6. The van der Waals surface area contributed by atoms with Crippen molar-refractivity contribution in [2.45, 2.75) is 51.4 Å². The van der Waals surface area contributed by atoms with Gasteiger partial charge in [0.2, 0.25) is 0 Å². The molecule has 2 aliphatic heterocycles. The van der Waals surface area contributed by atoms with E-state index in [0.717, 1.165) is 11.3 Å². The average Bonchev–Trinajstić information content (AvgIpc) is 3.29. The van der Waals surface area contributed by atoms with Crippen LogP contribution in [-0.2, 0) is 4.74 Å². The van der Waals surface area contributed by atoms with Gasteiger partial charge in [-0.2, -0.15) is 5.10 Å². The minimum Gasteiger partial charge on any atom is -0.457 e. The molecule has 2 aromatic carbocycles. The van der Waals surface area contributed by atoms with Gasteiger partial charge in [0.25, 0.3) is 5.91 Å². The van der Waals surface area contributed by atoms with Crippen LogP contribution >= 0.6 is 0 Å². The van der Waals surface area contributed by atoms with Crippen molar-refractivity contribution in [2.24, 2.45) is 11.7 Å². The molecule has 0 bridgehead atoms. The first-order chi connectivity index (χ1) is 18.6. The highest BCUT2D eigenvalue weighted by atomic mass is 16.6. The van der Waals surface area contributed by atoms with Crippen LogP contribution in [0.3, 0.4) is 0 Å². The number of carbonyl (C=O) groups excluding carboxylic acids is 2. The number of ether oxygens (including phenoxy) is 2.